The summed E-state index contributed by atoms with van der Waals surface area (Å²) in [6.45, 7) is 9.14. The van der Waals surface area contributed by atoms with Crippen LogP contribution in [0.1, 0.15) is 45.9 Å². The van der Waals surface area contributed by atoms with Gasteiger partial charge in [0.15, 0.2) is 5.84 Å². The van der Waals surface area contributed by atoms with Crippen LogP contribution in [0.5, 0.6) is 0 Å². The third kappa shape index (κ3) is 2.84. The molecule has 0 saturated carbocycles. The van der Waals surface area contributed by atoms with E-state index in [1.165, 1.54) is 11.0 Å². The minimum atomic E-state index is -1.17. The standard InChI is InChI=1S/C18H23N3O3/c1-6-12-8-9-13(19-10-12)15-20-18(5,11(3)4)17(24)21(15)14(7-2)16(22)23/h7-11H,6H2,1-5H3,(H,22,23). The second kappa shape index (κ2) is 6.55. The van der Waals surface area contributed by atoms with Crippen LogP contribution >= 0.6 is 0 Å². The fourth-order valence-corrected chi connectivity index (χ4v) is 2.53. The monoisotopic (exact) mass is 329 g/mol. The third-order valence-electron chi connectivity index (χ3n) is 4.51. The number of aliphatic carboxylic acids is 1. The highest BCUT2D eigenvalue weighted by Crippen LogP contribution is 2.34. The Bertz CT molecular complexity index is 720. The van der Waals surface area contributed by atoms with Crippen LogP contribution < -0.4 is 0 Å². The number of carboxylic acids is 1. The first kappa shape index (κ1) is 17.8. The van der Waals surface area contributed by atoms with Crippen molar-refractivity contribution >= 4 is 17.7 Å². The molecular formula is C18H23N3O3. The molecule has 0 bridgehead atoms. The summed E-state index contributed by atoms with van der Waals surface area (Å²) in [5.74, 6) is -1.30. The van der Waals surface area contributed by atoms with Gasteiger partial charge in [-0.3, -0.25) is 14.7 Å². The van der Waals surface area contributed by atoms with E-state index < -0.39 is 11.5 Å². The van der Waals surface area contributed by atoms with Gasteiger partial charge in [0, 0.05) is 6.20 Å². The number of amidine groups is 1. The molecule has 1 aromatic heterocycles. The zero-order valence-electron chi connectivity index (χ0n) is 14.7. The zero-order valence-corrected chi connectivity index (χ0v) is 14.7. The second-order valence-electron chi connectivity index (χ2n) is 6.26. The van der Waals surface area contributed by atoms with Gasteiger partial charge in [-0.05, 0) is 37.8 Å². The second-order valence-corrected chi connectivity index (χ2v) is 6.26. The smallest absolute Gasteiger partial charge is 0.352 e. The molecule has 1 atom stereocenters. The van der Waals surface area contributed by atoms with Gasteiger partial charge < -0.3 is 5.11 Å². The molecule has 2 heterocycles. The first-order valence-corrected chi connectivity index (χ1v) is 8.05. The van der Waals surface area contributed by atoms with Gasteiger partial charge >= 0.3 is 5.97 Å². The number of nitrogens with zero attached hydrogens (tertiary/aromatic N) is 3. The summed E-state index contributed by atoms with van der Waals surface area (Å²) in [5.41, 5.74) is 0.436. The van der Waals surface area contributed by atoms with Gasteiger partial charge in [-0.15, -0.1) is 0 Å². The first-order chi connectivity index (χ1) is 11.3. The summed E-state index contributed by atoms with van der Waals surface area (Å²) in [7, 11) is 0. The van der Waals surface area contributed by atoms with Crippen LogP contribution in [-0.4, -0.2) is 38.2 Å². The van der Waals surface area contributed by atoms with E-state index in [1.54, 1.807) is 26.1 Å². The average Bonchev–Trinajstić information content (AvgIpc) is 2.82. The quantitative estimate of drug-likeness (QED) is 0.842. The van der Waals surface area contributed by atoms with E-state index in [0.29, 0.717) is 5.69 Å². The van der Waals surface area contributed by atoms with Gasteiger partial charge in [0.25, 0.3) is 5.91 Å². The molecule has 24 heavy (non-hydrogen) atoms. The lowest BCUT2D eigenvalue weighted by Crippen LogP contribution is -2.45. The summed E-state index contributed by atoms with van der Waals surface area (Å²) in [5, 5.41) is 9.47. The Morgan fingerprint density at radius 3 is 2.50 bits per heavy atom. The van der Waals surface area contributed by atoms with Crippen LogP contribution in [0.15, 0.2) is 35.1 Å². The van der Waals surface area contributed by atoms with E-state index in [0.717, 1.165) is 12.0 Å². The number of hydrogen-bond donors (Lipinski definition) is 1. The van der Waals surface area contributed by atoms with Gasteiger partial charge in [-0.25, -0.2) is 9.79 Å². The molecule has 0 aliphatic carbocycles. The van der Waals surface area contributed by atoms with Crippen molar-refractivity contribution in [2.75, 3.05) is 0 Å². The Morgan fingerprint density at radius 2 is 2.08 bits per heavy atom. The van der Waals surface area contributed by atoms with Crippen LogP contribution in [0.4, 0.5) is 0 Å². The number of carbonyl (C=O) groups is 2. The van der Waals surface area contributed by atoms with E-state index in [1.807, 2.05) is 26.8 Å². The molecule has 1 aromatic rings. The van der Waals surface area contributed by atoms with Crippen molar-refractivity contribution in [1.82, 2.24) is 9.88 Å². The number of aryl methyl sites for hydroxylation is 1. The number of amides is 1. The largest absolute Gasteiger partial charge is 0.477 e. The molecule has 0 saturated heterocycles. The molecule has 0 aromatic carbocycles. The Kier molecular flexibility index (Phi) is 4.87. The Labute approximate surface area is 141 Å². The number of aromatic nitrogens is 1. The van der Waals surface area contributed by atoms with Crippen LogP contribution in [0.25, 0.3) is 0 Å². The van der Waals surface area contributed by atoms with Crippen molar-refractivity contribution in [2.45, 2.75) is 46.6 Å². The van der Waals surface area contributed by atoms with Crippen molar-refractivity contribution in [3.63, 3.8) is 0 Å². The molecule has 1 N–H and O–H groups in total. The minimum Gasteiger partial charge on any atom is -0.477 e. The topological polar surface area (TPSA) is 82.9 Å². The zero-order chi connectivity index (χ0) is 18.1. The maximum absolute atomic E-state index is 13.0. The third-order valence-corrected chi connectivity index (χ3v) is 4.51. The van der Waals surface area contributed by atoms with Crippen LogP contribution in [0.3, 0.4) is 0 Å². The summed E-state index contributed by atoms with van der Waals surface area (Å²) < 4.78 is 0. The molecule has 128 valence electrons. The highest BCUT2D eigenvalue weighted by atomic mass is 16.4. The van der Waals surface area contributed by atoms with Gasteiger partial charge in [0.1, 0.15) is 16.9 Å². The van der Waals surface area contributed by atoms with Gasteiger partial charge in [-0.2, -0.15) is 0 Å². The number of carbonyl (C=O) groups excluding carboxylic acids is 1. The van der Waals surface area contributed by atoms with Crippen molar-refractivity contribution in [3.05, 3.63) is 41.4 Å². The molecule has 1 aliphatic rings. The summed E-state index contributed by atoms with van der Waals surface area (Å²) in [6, 6.07) is 3.69. The number of pyridine rings is 1. The van der Waals surface area contributed by atoms with E-state index in [2.05, 4.69) is 9.98 Å². The molecule has 6 nitrogen and oxygen atoms in total. The predicted molar refractivity (Wildman–Crippen MR) is 91.6 cm³/mol. The molecular weight excluding hydrogens is 306 g/mol. The lowest BCUT2D eigenvalue weighted by atomic mass is 9.88. The summed E-state index contributed by atoms with van der Waals surface area (Å²) in [6.07, 6.45) is 3.98. The molecule has 0 fully saturated rings. The average molecular weight is 329 g/mol. The highest BCUT2D eigenvalue weighted by molar-refractivity contribution is 6.18. The molecule has 2 rings (SSSR count). The number of rotatable bonds is 5. The fraction of sp³-hybridized carbons (Fsp3) is 0.444. The maximum Gasteiger partial charge on any atom is 0.352 e. The van der Waals surface area contributed by atoms with Crippen LogP contribution in [0, 0.1) is 5.92 Å². The molecule has 1 aliphatic heterocycles. The van der Waals surface area contributed by atoms with Gasteiger partial charge in [-0.1, -0.05) is 32.9 Å². The van der Waals surface area contributed by atoms with Crippen molar-refractivity contribution in [3.8, 4) is 0 Å². The normalized spacial score (nSPS) is 21.4. The van der Waals surface area contributed by atoms with E-state index >= 15 is 0 Å². The first-order valence-electron chi connectivity index (χ1n) is 8.05. The van der Waals surface area contributed by atoms with Gasteiger partial charge in [0.05, 0.1) is 0 Å². The lowest BCUT2D eigenvalue weighted by molar-refractivity contribution is -0.139. The number of aliphatic imine (C=N–C) groups is 1. The number of hydrogen-bond acceptors (Lipinski definition) is 4. The van der Waals surface area contributed by atoms with Crippen molar-refractivity contribution in [2.24, 2.45) is 10.9 Å². The lowest BCUT2D eigenvalue weighted by Gasteiger charge is -2.25. The van der Waals surface area contributed by atoms with Crippen LogP contribution in [-0.2, 0) is 16.0 Å². The maximum atomic E-state index is 13.0. The molecule has 6 heteroatoms. The Morgan fingerprint density at radius 1 is 1.42 bits per heavy atom. The molecule has 0 radical (unpaired) electrons. The van der Waals surface area contributed by atoms with Crippen molar-refractivity contribution < 1.29 is 14.7 Å². The fourth-order valence-electron chi connectivity index (χ4n) is 2.53. The van der Waals surface area contributed by atoms with Crippen molar-refractivity contribution in [1.29, 1.82) is 0 Å². The van der Waals surface area contributed by atoms with Gasteiger partial charge in [0.2, 0.25) is 0 Å². The molecule has 0 spiro atoms. The predicted octanol–water partition coefficient (Wildman–Crippen LogP) is 2.64. The summed E-state index contributed by atoms with van der Waals surface area (Å²) in [4.78, 5) is 34.7. The van der Waals surface area contributed by atoms with E-state index in [-0.39, 0.29) is 23.4 Å². The number of allylic oxidation sites excluding steroid dienone is 1. The van der Waals surface area contributed by atoms with E-state index in [4.69, 9.17) is 0 Å². The number of carboxylic acid groups (broad SMARTS) is 1. The Hall–Kier alpha value is -2.50. The molecule has 1 amide bonds. The SMILES string of the molecule is CC=C(C(=O)O)N1C(=O)C(C)(C(C)C)N=C1c1ccc(CC)cn1. The van der Waals surface area contributed by atoms with Crippen LogP contribution in [0.2, 0.25) is 0 Å². The highest BCUT2D eigenvalue weighted by Gasteiger charge is 2.49. The minimum absolute atomic E-state index is 0.0770. The summed E-state index contributed by atoms with van der Waals surface area (Å²) >= 11 is 0. The Balaban J connectivity index is 2.61. The van der Waals surface area contributed by atoms with E-state index in [9.17, 15) is 14.7 Å². The molecule has 1 unspecified atom stereocenters.